The van der Waals surface area contributed by atoms with E-state index in [1.807, 2.05) is 6.07 Å². The van der Waals surface area contributed by atoms with Gasteiger partial charge in [0.2, 0.25) is 5.91 Å². The number of hydrogen-bond donors (Lipinski definition) is 4. The molecule has 0 aliphatic heterocycles. The van der Waals surface area contributed by atoms with Crippen LogP contribution in [0.25, 0.3) is 0 Å². The van der Waals surface area contributed by atoms with Gasteiger partial charge in [-0.3, -0.25) is 14.9 Å². The fourth-order valence-corrected chi connectivity index (χ4v) is 2.78. The van der Waals surface area contributed by atoms with Gasteiger partial charge in [0.15, 0.2) is 10.2 Å². The van der Waals surface area contributed by atoms with E-state index in [0.29, 0.717) is 41.6 Å². The quantitative estimate of drug-likeness (QED) is 0.465. The largest absolute Gasteiger partial charge is 0.493 e. The summed E-state index contributed by atoms with van der Waals surface area (Å²) in [5, 5.41) is 11.5. The molecule has 7 nitrogen and oxygen atoms in total. The number of nitrogens with one attached hydrogen (secondary N) is 4. The average molecular weight is 459 g/mol. The van der Waals surface area contributed by atoms with Crippen LogP contribution in [-0.4, -0.2) is 28.6 Å². The lowest BCUT2D eigenvalue weighted by molar-refractivity contribution is -0.119. The van der Waals surface area contributed by atoms with Crippen LogP contribution in [0.5, 0.6) is 5.75 Å². The Bertz CT molecular complexity index is 946. The van der Waals surface area contributed by atoms with Crippen molar-refractivity contribution in [3.8, 4) is 5.75 Å². The molecule has 0 aliphatic rings. The lowest BCUT2D eigenvalue weighted by Gasteiger charge is -2.12. The SMILES string of the molecule is CCC(=O)NC(=S)Nc1ccc(NC(=S)NC(=O)c2cccc(OCC(C)C)c2)cc1. The topological polar surface area (TPSA) is 91.5 Å². The van der Waals surface area contributed by atoms with Crippen molar-refractivity contribution in [2.75, 3.05) is 17.2 Å². The minimum Gasteiger partial charge on any atom is -0.493 e. The van der Waals surface area contributed by atoms with Gasteiger partial charge in [0.25, 0.3) is 5.91 Å². The standard InChI is InChI=1S/C22H26N4O3S2/c1-4-19(27)25-21(30)23-16-8-10-17(11-9-16)24-22(31)26-20(28)15-6-5-7-18(12-15)29-13-14(2)3/h5-12,14H,4,13H2,1-3H3,(H2,23,25,27,30)(H2,24,26,28,31). The molecule has 0 radical (unpaired) electrons. The number of rotatable bonds is 7. The third-order valence-electron chi connectivity index (χ3n) is 3.88. The number of benzene rings is 2. The lowest BCUT2D eigenvalue weighted by Crippen LogP contribution is -2.34. The summed E-state index contributed by atoms with van der Waals surface area (Å²) in [6.07, 6.45) is 0.350. The highest BCUT2D eigenvalue weighted by Crippen LogP contribution is 2.15. The third-order valence-corrected chi connectivity index (χ3v) is 4.29. The van der Waals surface area contributed by atoms with Crippen molar-refractivity contribution in [1.29, 1.82) is 0 Å². The first-order valence-electron chi connectivity index (χ1n) is 9.83. The van der Waals surface area contributed by atoms with Crippen LogP contribution in [0.3, 0.4) is 0 Å². The van der Waals surface area contributed by atoms with E-state index in [9.17, 15) is 9.59 Å². The Labute approximate surface area is 192 Å². The molecule has 0 aliphatic carbocycles. The summed E-state index contributed by atoms with van der Waals surface area (Å²) in [7, 11) is 0. The van der Waals surface area contributed by atoms with E-state index in [0.717, 1.165) is 0 Å². The Hall–Kier alpha value is -3.04. The van der Waals surface area contributed by atoms with Gasteiger partial charge in [0, 0.05) is 23.4 Å². The van der Waals surface area contributed by atoms with Crippen molar-refractivity contribution in [2.24, 2.45) is 5.92 Å². The van der Waals surface area contributed by atoms with E-state index in [-0.39, 0.29) is 22.0 Å². The Balaban J connectivity index is 1.88. The first-order valence-corrected chi connectivity index (χ1v) is 10.6. The summed E-state index contributed by atoms with van der Waals surface area (Å²) in [4.78, 5) is 23.8. The van der Waals surface area contributed by atoms with E-state index >= 15 is 0 Å². The molecule has 0 spiro atoms. The zero-order valence-corrected chi connectivity index (χ0v) is 19.3. The molecule has 0 saturated heterocycles. The summed E-state index contributed by atoms with van der Waals surface area (Å²) in [5.41, 5.74) is 1.85. The van der Waals surface area contributed by atoms with Crippen LogP contribution in [0.4, 0.5) is 11.4 Å². The normalized spacial score (nSPS) is 10.2. The molecule has 0 heterocycles. The zero-order valence-electron chi connectivity index (χ0n) is 17.7. The summed E-state index contributed by atoms with van der Waals surface area (Å²) in [6.45, 7) is 6.44. The van der Waals surface area contributed by atoms with Gasteiger partial charge >= 0.3 is 0 Å². The number of hydrogen-bond acceptors (Lipinski definition) is 5. The fourth-order valence-electron chi connectivity index (χ4n) is 2.34. The van der Waals surface area contributed by atoms with Gasteiger partial charge in [-0.1, -0.05) is 26.8 Å². The molecule has 0 atom stereocenters. The molecule has 2 aromatic rings. The second-order valence-electron chi connectivity index (χ2n) is 7.07. The summed E-state index contributed by atoms with van der Waals surface area (Å²) in [5.74, 6) is 0.537. The van der Waals surface area contributed by atoms with Gasteiger partial charge in [-0.25, -0.2) is 0 Å². The van der Waals surface area contributed by atoms with Gasteiger partial charge in [0.05, 0.1) is 6.61 Å². The number of amides is 2. The molecular weight excluding hydrogens is 432 g/mol. The van der Waals surface area contributed by atoms with Crippen LogP contribution >= 0.6 is 24.4 Å². The third kappa shape index (κ3) is 8.69. The first kappa shape index (κ1) is 24.2. The monoisotopic (exact) mass is 458 g/mol. The van der Waals surface area contributed by atoms with Gasteiger partial charge in [-0.2, -0.15) is 0 Å². The minimum absolute atomic E-state index is 0.158. The van der Waals surface area contributed by atoms with Gasteiger partial charge < -0.3 is 20.7 Å². The first-order chi connectivity index (χ1) is 14.8. The van der Waals surface area contributed by atoms with Crippen LogP contribution < -0.4 is 26.0 Å². The molecule has 164 valence electrons. The molecular formula is C22H26N4O3S2. The number of carbonyl (C=O) groups is 2. The molecule has 2 aromatic carbocycles. The Morgan fingerprint density at radius 1 is 0.935 bits per heavy atom. The Morgan fingerprint density at radius 2 is 1.52 bits per heavy atom. The molecule has 0 aromatic heterocycles. The highest BCUT2D eigenvalue weighted by Gasteiger charge is 2.10. The van der Waals surface area contributed by atoms with Crippen molar-refractivity contribution in [2.45, 2.75) is 27.2 Å². The van der Waals surface area contributed by atoms with Crippen molar-refractivity contribution in [3.05, 3.63) is 54.1 Å². The second kappa shape index (κ2) is 12.0. The van der Waals surface area contributed by atoms with Crippen LogP contribution in [0, 0.1) is 5.92 Å². The molecule has 9 heteroatoms. The maximum atomic E-state index is 12.5. The number of ether oxygens (including phenoxy) is 1. The summed E-state index contributed by atoms with van der Waals surface area (Å²) < 4.78 is 5.66. The zero-order chi connectivity index (χ0) is 22.8. The number of thiocarbonyl (C=S) groups is 2. The molecule has 4 N–H and O–H groups in total. The summed E-state index contributed by atoms with van der Waals surface area (Å²) in [6, 6.07) is 14.0. The van der Waals surface area contributed by atoms with E-state index in [2.05, 4.69) is 35.1 Å². The van der Waals surface area contributed by atoms with E-state index in [4.69, 9.17) is 29.2 Å². The van der Waals surface area contributed by atoms with Crippen molar-refractivity contribution in [3.63, 3.8) is 0 Å². The van der Waals surface area contributed by atoms with Crippen LogP contribution in [0.1, 0.15) is 37.6 Å². The number of carbonyl (C=O) groups excluding carboxylic acids is 2. The minimum atomic E-state index is -0.331. The highest BCUT2D eigenvalue weighted by molar-refractivity contribution is 7.80. The lowest BCUT2D eigenvalue weighted by atomic mass is 10.2. The van der Waals surface area contributed by atoms with Crippen LogP contribution in [0.15, 0.2) is 48.5 Å². The molecule has 0 bridgehead atoms. The molecule has 2 rings (SSSR count). The predicted octanol–water partition coefficient (Wildman–Crippen LogP) is 4.07. The van der Waals surface area contributed by atoms with Crippen LogP contribution in [0.2, 0.25) is 0 Å². The van der Waals surface area contributed by atoms with Gasteiger partial charge in [0.1, 0.15) is 5.75 Å². The van der Waals surface area contributed by atoms with Crippen molar-refractivity contribution >= 4 is 57.8 Å². The number of anilines is 2. The molecule has 0 unspecified atom stereocenters. The van der Waals surface area contributed by atoms with E-state index < -0.39 is 0 Å². The summed E-state index contributed by atoms with van der Waals surface area (Å²) >= 11 is 10.3. The average Bonchev–Trinajstić information content (AvgIpc) is 2.73. The maximum Gasteiger partial charge on any atom is 0.257 e. The van der Waals surface area contributed by atoms with Gasteiger partial charge in [-0.15, -0.1) is 0 Å². The van der Waals surface area contributed by atoms with E-state index in [1.54, 1.807) is 49.4 Å². The van der Waals surface area contributed by atoms with Crippen LogP contribution in [-0.2, 0) is 4.79 Å². The molecule has 31 heavy (non-hydrogen) atoms. The van der Waals surface area contributed by atoms with E-state index in [1.165, 1.54) is 0 Å². The predicted molar refractivity (Wildman–Crippen MR) is 132 cm³/mol. The fraction of sp³-hybridized carbons (Fsp3) is 0.273. The molecule has 0 fully saturated rings. The molecule has 0 saturated carbocycles. The van der Waals surface area contributed by atoms with Gasteiger partial charge in [-0.05, 0) is 72.8 Å². The Morgan fingerprint density at radius 3 is 2.06 bits per heavy atom. The van der Waals surface area contributed by atoms with Crippen molar-refractivity contribution < 1.29 is 14.3 Å². The second-order valence-corrected chi connectivity index (χ2v) is 7.89. The Kier molecular flexibility index (Phi) is 9.36. The highest BCUT2D eigenvalue weighted by atomic mass is 32.1. The smallest absolute Gasteiger partial charge is 0.257 e. The maximum absolute atomic E-state index is 12.5. The van der Waals surface area contributed by atoms with Crippen molar-refractivity contribution in [1.82, 2.24) is 10.6 Å². The molecule has 2 amide bonds.